The van der Waals surface area contributed by atoms with Gasteiger partial charge >= 0.3 is 0 Å². The Morgan fingerprint density at radius 1 is 1.17 bits per heavy atom. The minimum Gasteiger partial charge on any atom is -0.496 e. The van der Waals surface area contributed by atoms with Crippen LogP contribution in [0, 0.1) is 0 Å². The summed E-state index contributed by atoms with van der Waals surface area (Å²) in [6, 6.07) is 11.8. The molecule has 2 aromatic rings. The van der Waals surface area contributed by atoms with Crippen molar-refractivity contribution in [2.24, 2.45) is 0 Å². The molecule has 0 aliphatic carbocycles. The minimum absolute atomic E-state index is 0.138. The van der Waals surface area contributed by atoms with Crippen LogP contribution in [0.4, 0.5) is 0 Å². The van der Waals surface area contributed by atoms with Gasteiger partial charge in [-0.15, -0.1) is 11.8 Å². The number of methoxy groups -OCH3 is 1. The molecule has 1 fully saturated rings. The Labute approximate surface area is 155 Å². The van der Waals surface area contributed by atoms with E-state index in [0.29, 0.717) is 23.1 Å². The third-order valence-electron chi connectivity index (χ3n) is 3.75. The monoisotopic (exact) mass is 403 g/mol. The number of rotatable bonds is 4. The zero-order chi connectivity index (χ0) is 17.3. The molecule has 24 heavy (non-hydrogen) atoms. The smallest absolute Gasteiger partial charge is 0.244 e. The molecule has 0 amide bonds. The normalized spacial score (nSPS) is 18.7. The molecule has 3 rings (SSSR count). The molecule has 1 aliphatic heterocycles. The first kappa shape index (κ1) is 17.9. The molecule has 0 saturated carbocycles. The highest BCUT2D eigenvalue weighted by atomic mass is 35.5. The maximum absolute atomic E-state index is 13.1. The molecule has 2 aromatic carbocycles. The molecular weight excluding hydrogens is 389 g/mol. The lowest BCUT2D eigenvalue weighted by atomic mass is 10.2. The van der Waals surface area contributed by atoms with Crippen molar-refractivity contribution in [3.8, 4) is 5.75 Å². The van der Waals surface area contributed by atoms with E-state index in [4.69, 9.17) is 27.9 Å². The SMILES string of the molecule is COc1ccccc1[C@@H]1SCCN1S(=O)(=O)c1ccc(Cl)c(Cl)c1. The van der Waals surface area contributed by atoms with Crippen molar-refractivity contribution in [1.82, 2.24) is 4.31 Å². The summed E-state index contributed by atoms with van der Waals surface area (Å²) >= 11 is 13.5. The number of nitrogens with zero attached hydrogens (tertiary/aromatic N) is 1. The Morgan fingerprint density at radius 2 is 1.92 bits per heavy atom. The van der Waals surface area contributed by atoms with E-state index in [1.807, 2.05) is 24.3 Å². The fourth-order valence-electron chi connectivity index (χ4n) is 2.59. The van der Waals surface area contributed by atoms with Crippen molar-refractivity contribution in [3.63, 3.8) is 0 Å². The number of thioether (sulfide) groups is 1. The molecule has 1 aliphatic rings. The number of hydrogen-bond acceptors (Lipinski definition) is 4. The van der Waals surface area contributed by atoms with Crippen LogP contribution in [0.3, 0.4) is 0 Å². The van der Waals surface area contributed by atoms with Crippen LogP contribution in [0.5, 0.6) is 5.75 Å². The van der Waals surface area contributed by atoms with Gasteiger partial charge in [0.1, 0.15) is 5.75 Å². The Balaban J connectivity index is 2.02. The third-order valence-corrected chi connectivity index (χ3v) is 7.73. The highest BCUT2D eigenvalue weighted by Gasteiger charge is 2.38. The predicted octanol–water partition coefficient (Wildman–Crippen LogP) is 4.44. The van der Waals surface area contributed by atoms with Gasteiger partial charge in [0.15, 0.2) is 0 Å². The molecule has 0 spiro atoms. The van der Waals surface area contributed by atoms with Crippen LogP contribution >= 0.6 is 35.0 Å². The van der Waals surface area contributed by atoms with Crippen molar-refractivity contribution in [3.05, 3.63) is 58.1 Å². The topological polar surface area (TPSA) is 46.6 Å². The molecular formula is C16H15Cl2NO3S2. The second-order valence-electron chi connectivity index (χ2n) is 5.16. The van der Waals surface area contributed by atoms with Crippen molar-refractivity contribution >= 4 is 45.0 Å². The number of sulfonamides is 1. The molecule has 0 bridgehead atoms. The summed E-state index contributed by atoms with van der Waals surface area (Å²) in [7, 11) is -2.11. The lowest BCUT2D eigenvalue weighted by Crippen LogP contribution is -2.30. The van der Waals surface area contributed by atoms with Gasteiger partial charge in [0.2, 0.25) is 10.0 Å². The maximum atomic E-state index is 13.1. The summed E-state index contributed by atoms with van der Waals surface area (Å²) in [5.41, 5.74) is 0.839. The van der Waals surface area contributed by atoms with Crippen molar-refractivity contribution in [1.29, 1.82) is 0 Å². The summed E-state index contributed by atoms with van der Waals surface area (Å²) in [5.74, 6) is 1.38. The van der Waals surface area contributed by atoms with Crippen LogP contribution in [0.2, 0.25) is 10.0 Å². The second-order valence-corrected chi connectivity index (χ2v) is 9.05. The van der Waals surface area contributed by atoms with Gasteiger partial charge in [0.05, 0.1) is 27.4 Å². The standard InChI is InChI=1S/C16H15Cl2NO3S2/c1-22-15-5-3-2-4-12(15)16-19(8-9-23-16)24(20,21)11-6-7-13(17)14(18)10-11/h2-7,10,16H,8-9H2,1H3/t16-/m0/s1. The summed E-state index contributed by atoms with van der Waals surface area (Å²) in [6.45, 7) is 0.427. The molecule has 128 valence electrons. The van der Waals surface area contributed by atoms with E-state index in [1.54, 1.807) is 18.9 Å². The number of halogens is 2. The van der Waals surface area contributed by atoms with Gasteiger partial charge in [-0.05, 0) is 24.3 Å². The number of para-hydroxylation sites is 1. The molecule has 1 atom stereocenters. The fourth-order valence-corrected chi connectivity index (χ4v) is 6.24. The molecule has 4 nitrogen and oxygen atoms in total. The Morgan fingerprint density at radius 3 is 2.62 bits per heavy atom. The predicted molar refractivity (Wildman–Crippen MR) is 98.5 cm³/mol. The lowest BCUT2D eigenvalue weighted by molar-refractivity contribution is 0.390. The summed E-state index contributed by atoms with van der Waals surface area (Å²) in [6.07, 6.45) is 0. The summed E-state index contributed by atoms with van der Waals surface area (Å²) in [5, 5.41) is 0.215. The number of benzene rings is 2. The van der Waals surface area contributed by atoms with Gasteiger partial charge in [0, 0.05) is 17.9 Å². The van der Waals surface area contributed by atoms with E-state index >= 15 is 0 Å². The molecule has 1 heterocycles. The minimum atomic E-state index is -3.69. The number of ether oxygens (including phenoxy) is 1. The third kappa shape index (κ3) is 3.26. The molecule has 0 unspecified atom stereocenters. The lowest BCUT2D eigenvalue weighted by Gasteiger charge is -2.25. The van der Waals surface area contributed by atoms with Gasteiger partial charge in [-0.25, -0.2) is 8.42 Å². The fraction of sp³-hybridized carbons (Fsp3) is 0.250. The first-order chi connectivity index (χ1) is 11.4. The average molecular weight is 404 g/mol. The highest BCUT2D eigenvalue weighted by molar-refractivity contribution is 8.01. The molecule has 0 aromatic heterocycles. The van der Waals surface area contributed by atoms with Crippen molar-refractivity contribution in [2.75, 3.05) is 19.4 Å². The molecule has 0 radical (unpaired) electrons. The number of hydrogen-bond donors (Lipinski definition) is 0. The van der Waals surface area contributed by atoms with Gasteiger partial charge < -0.3 is 4.74 Å². The zero-order valence-electron chi connectivity index (χ0n) is 12.8. The van der Waals surface area contributed by atoms with Crippen LogP contribution in [-0.4, -0.2) is 32.1 Å². The average Bonchev–Trinajstić information content (AvgIpc) is 3.07. The Hall–Kier alpha value is -0.920. The van der Waals surface area contributed by atoms with Crippen molar-refractivity contribution < 1.29 is 13.2 Å². The largest absolute Gasteiger partial charge is 0.496 e. The van der Waals surface area contributed by atoms with Gasteiger partial charge in [-0.2, -0.15) is 4.31 Å². The maximum Gasteiger partial charge on any atom is 0.244 e. The summed E-state index contributed by atoms with van der Waals surface area (Å²) in [4.78, 5) is 0.138. The van der Waals surface area contributed by atoms with E-state index in [1.165, 1.54) is 22.5 Å². The van der Waals surface area contributed by atoms with Crippen LogP contribution < -0.4 is 4.74 Å². The molecule has 8 heteroatoms. The first-order valence-corrected chi connectivity index (χ1v) is 10.4. The molecule has 1 saturated heterocycles. The first-order valence-electron chi connectivity index (χ1n) is 7.16. The van der Waals surface area contributed by atoms with Crippen LogP contribution in [0.25, 0.3) is 0 Å². The van der Waals surface area contributed by atoms with E-state index < -0.39 is 10.0 Å². The van der Waals surface area contributed by atoms with E-state index in [0.717, 1.165) is 5.56 Å². The van der Waals surface area contributed by atoms with Gasteiger partial charge in [-0.1, -0.05) is 41.4 Å². The van der Waals surface area contributed by atoms with E-state index in [2.05, 4.69) is 0 Å². The molecule has 0 N–H and O–H groups in total. The summed E-state index contributed by atoms with van der Waals surface area (Å²) < 4.78 is 33.0. The van der Waals surface area contributed by atoms with Crippen LogP contribution in [0.15, 0.2) is 47.4 Å². The quantitative estimate of drug-likeness (QED) is 0.756. The van der Waals surface area contributed by atoms with E-state index in [9.17, 15) is 8.42 Å². The van der Waals surface area contributed by atoms with E-state index in [-0.39, 0.29) is 15.3 Å². The van der Waals surface area contributed by atoms with Gasteiger partial charge in [0.25, 0.3) is 0 Å². The highest BCUT2D eigenvalue weighted by Crippen LogP contribution is 2.44. The van der Waals surface area contributed by atoms with Crippen LogP contribution in [-0.2, 0) is 10.0 Å². The zero-order valence-corrected chi connectivity index (χ0v) is 15.9. The van der Waals surface area contributed by atoms with Crippen LogP contribution in [0.1, 0.15) is 10.9 Å². The second kappa shape index (κ2) is 7.14. The van der Waals surface area contributed by atoms with Crippen molar-refractivity contribution in [2.45, 2.75) is 10.3 Å². The van der Waals surface area contributed by atoms with Gasteiger partial charge in [-0.3, -0.25) is 0 Å². The Bertz CT molecular complexity index is 858. The Kier molecular flexibility index (Phi) is 5.32.